The highest BCUT2D eigenvalue weighted by Crippen LogP contribution is 2.27. The van der Waals surface area contributed by atoms with Crippen molar-refractivity contribution in [3.05, 3.63) is 34.9 Å². The molecule has 2 rings (SSSR count). The number of rotatable bonds is 3. The standard InChI is InChI=1S/C11H13ClN4O/c12-8-3-1-2-4-9(8)16-11(14)7(5-6-17)10(13)15-16/h1-4,17H,5-6,14H2,(H2,13,15). The van der Waals surface area contributed by atoms with Gasteiger partial charge in [0.1, 0.15) is 5.82 Å². The molecular weight excluding hydrogens is 240 g/mol. The summed E-state index contributed by atoms with van der Waals surface area (Å²) in [5.41, 5.74) is 13.0. The van der Waals surface area contributed by atoms with Crippen LogP contribution in [0.3, 0.4) is 0 Å². The summed E-state index contributed by atoms with van der Waals surface area (Å²) in [6, 6.07) is 7.21. The number of aliphatic hydroxyl groups excluding tert-OH is 1. The first-order valence-electron chi connectivity index (χ1n) is 5.13. The van der Waals surface area contributed by atoms with Crippen LogP contribution in [0.5, 0.6) is 0 Å². The maximum Gasteiger partial charge on any atom is 0.151 e. The van der Waals surface area contributed by atoms with Gasteiger partial charge in [-0.1, -0.05) is 23.7 Å². The lowest BCUT2D eigenvalue weighted by Gasteiger charge is -2.06. The fourth-order valence-electron chi connectivity index (χ4n) is 1.66. The highest BCUT2D eigenvalue weighted by Gasteiger charge is 2.15. The lowest BCUT2D eigenvalue weighted by molar-refractivity contribution is 0.300. The Morgan fingerprint density at radius 2 is 2.00 bits per heavy atom. The number of hydrogen-bond donors (Lipinski definition) is 3. The average Bonchev–Trinajstić information content (AvgIpc) is 2.58. The zero-order chi connectivity index (χ0) is 12.4. The molecule has 0 aliphatic rings. The number of anilines is 2. The molecule has 0 saturated heterocycles. The Hall–Kier alpha value is -1.72. The Morgan fingerprint density at radius 3 is 2.65 bits per heavy atom. The number of para-hydroxylation sites is 1. The quantitative estimate of drug-likeness (QED) is 0.766. The predicted molar refractivity (Wildman–Crippen MR) is 68.2 cm³/mol. The van der Waals surface area contributed by atoms with Gasteiger partial charge in [0.15, 0.2) is 5.82 Å². The summed E-state index contributed by atoms with van der Waals surface area (Å²) in [5.74, 6) is 0.723. The fraction of sp³-hybridized carbons (Fsp3) is 0.182. The van der Waals surface area contributed by atoms with Crippen LogP contribution in [-0.2, 0) is 6.42 Å². The molecule has 90 valence electrons. The normalized spacial score (nSPS) is 10.7. The minimum atomic E-state index is -0.0252. The SMILES string of the molecule is Nc1nn(-c2ccccc2Cl)c(N)c1CCO. The van der Waals surface area contributed by atoms with E-state index >= 15 is 0 Å². The van der Waals surface area contributed by atoms with Crippen molar-refractivity contribution >= 4 is 23.2 Å². The van der Waals surface area contributed by atoms with Gasteiger partial charge in [0.25, 0.3) is 0 Å². The summed E-state index contributed by atoms with van der Waals surface area (Å²) in [5, 5.41) is 13.6. The van der Waals surface area contributed by atoms with Gasteiger partial charge in [-0.15, -0.1) is 5.10 Å². The number of hydrogen-bond acceptors (Lipinski definition) is 4. The maximum atomic E-state index is 8.93. The Balaban J connectivity index is 2.54. The van der Waals surface area contributed by atoms with E-state index in [1.54, 1.807) is 12.1 Å². The molecule has 2 aromatic rings. The lowest BCUT2D eigenvalue weighted by Crippen LogP contribution is -2.04. The molecule has 0 aliphatic carbocycles. The van der Waals surface area contributed by atoms with E-state index in [2.05, 4.69) is 5.10 Å². The van der Waals surface area contributed by atoms with Crippen LogP contribution in [-0.4, -0.2) is 21.5 Å². The second-order valence-electron chi connectivity index (χ2n) is 3.59. The summed E-state index contributed by atoms with van der Waals surface area (Å²) in [7, 11) is 0. The third-order valence-electron chi connectivity index (χ3n) is 2.50. The van der Waals surface area contributed by atoms with E-state index in [0.29, 0.717) is 34.3 Å². The van der Waals surface area contributed by atoms with Gasteiger partial charge >= 0.3 is 0 Å². The highest BCUT2D eigenvalue weighted by molar-refractivity contribution is 6.32. The molecule has 0 unspecified atom stereocenters. The second-order valence-corrected chi connectivity index (χ2v) is 3.99. The number of nitrogens with two attached hydrogens (primary N) is 2. The van der Waals surface area contributed by atoms with Gasteiger partial charge in [0, 0.05) is 18.6 Å². The smallest absolute Gasteiger partial charge is 0.151 e. The van der Waals surface area contributed by atoms with Crippen LogP contribution in [0, 0.1) is 0 Å². The van der Waals surface area contributed by atoms with Crippen molar-refractivity contribution in [1.29, 1.82) is 0 Å². The zero-order valence-corrected chi connectivity index (χ0v) is 9.85. The molecule has 1 aromatic carbocycles. The van der Waals surface area contributed by atoms with Crippen LogP contribution in [0.1, 0.15) is 5.56 Å². The summed E-state index contributed by atoms with van der Waals surface area (Å²) in [6.07, 6.45) is 0.377. The molecule has 0 atom stereocenters. The third-order valence-corrected chi connectivity index (χ3v) is 2.82. The first-order chi connectivity index (χ1) is 8.15. The molecule has 0 radical (unpaired) electrons. The number of aliphatic hydroxyl groups is 1. The average molecular weight is 253 g/mol. The number of benzene rings is 1. The molecule has 0 saturated carbocycles. The summed E-state index contributed by atoms with van der Waals surface area (Å²) >= 11 is 6.06. The molecule has 5 N–H and O–H groups in total. The Kier molecular flexibility index (Phi) is 3.21. The Morgan fingerprint density at radius 1 is 1.29 bits per heavy atom. The van der Waals surface area contributed by atoms with E-state index in [1.165, 1.54) is 4.68 Å². The highest BCUT2D eigenvalue weighted by atomic mass is 35.5. The number of halogens is 1. The van der Waals surface area contributed by atoms with Crippen LogP contribution in [0.2, 0.25) is 5.02 Å². The molecule has 6 heteroatoms. The van der Waals surface area contributed by atoms with Crippen LogP contribution in [0.15, 0.2) is 24.3 Å². The van der Waals surface area contributed by atoms with Gasteiger partial charge in [-0.3, -0.25) is 0 Å². The summed E-state index contributed by atoms with van der Waals surface area (Å²) in [6.45, 7) is -0.0252. The molecule has 0 amide bonds. The van der Waals surface area contributed by atoms with Crippen molar-refractivity contribution in [3.63, 3.8) is 0 Å². The topological polar surface area (TPSA) is 90.1 Å². The van der Waals surface area contributed by atoms with Crippen molar-refractivity contribution < 1.29 is 5.11 Å². The largest absolute Gasteiger partial charge is 0.396 e. The van der Waals surface area contributed by atoms with Gasteiger partial charge in [-0.2, -0.15) is 0 Å². The second kappa shape index (κ2) is 4.65. The van der Waals surface area contributed by atoms with Crippen LogP contribution >= 0.6 is 11.6 Å². The minimum Gasteiger partial charge on any atom is -0.396 e. The number of aromatic nitrogens is 2. The minimum absolute atomic E-state index is 0.0252. The molecule has 0 aliphatic heterocycles. The van der Waals surface area contributed by atoms with E-state index in [9.17, 15) is 0 Å². The number of nitrogen functional groups attached to an aromatic ring is 2. The molecule has 1 heterocycles. The van der Waals surface area contributed by atoms with Crippen molar-refractivity contribution in [2.45, 2.75) is 6.42 Å². The first-order valence-corrected chi connectivity index (χ1v) is 5.51. The van der Waals surface area contributed by atoms with Crippen molar-refractivity contribution in [2.24, 2.45) is 0 Å². The van der Waals surface area contributed by atoms with Gasteiger partial charge in [-0.05, 0) is 12.1 Å². The molecular formula is C11H13ClN4O. The number of nitrogens with zero attached hydrogens (tertiary/aromatic N) is 2. The summed E-state index contributed by atoms with van der Waals surface area (Å²) < 4.78 is 1.49. The lowest BCUT2D eigenvalue weighted by atomic mass is 10.2. The van der Waals surface area contributed by atoms with E-state index in [1.807, 2.05) is 12.1 Å². The van der Waals surface area contributed by atoms with E-state index in [0.717, 1.165) is 0 Å². The Labute approximate surface area is 104 Å². The third kappa shape index (κ3) is 2.07. The summed E-state index contributed by atoms with van der Waals surface area (Å²) in [4.78, 5) is 0. The van der Waals surface area contributed by atoms with Crippen LogP contribution < -0.4 is 11.5 Å². The van der Waals surface area contributed by atoms with Crippen LogP contribution in [0.25, 0.3) is 5.69 Å². The fourth-order valence-corrected chi connectivity index (χ4v) is 1.87. The van der Waals surface area contributed by atoms with E-state index in [4.69, 9.17) is 28.2 Å². The monoisotopic (exact) mass is 252 g/mol. The zero-order valence-electron chi connectivity index (χ0n) is 9.10. The Bertz CT molecular complexity index is 538. The van der Waals surface area contributed by atoms with E-state index in [-0.39, 0.29) is 6.61 Å². The maximum absolute atomic E-state index is 8.93. The van der Waals surface area contributed by atoms with Gasteiger partial charge in [0.05, 0.1) is 10.7 Å². The van der Waals surface area contributed by atoms with Gasteiger partial charge in [0.2, 0.25) is 0 Å². The molecule has 17 heavy (non-hydrogen) atoms. The molecule has 1 aromatic heterocycles. The van der Waals surface area contributed by atoms with Crippen molar-refractivity contribution in [1.82, 2.24) is 9.78 Å². The van der Waals surface area contributed by atoms with E-state index < -0.39 is 0 Å². The molecule has 0 fully saturated rings. The first kappa shape index (κ1) is 11.8. The van der Waals surface area contributed by atoms with Gasteiger partial charge in [-0.25, -0.2) is 4.68 Å². The molecule has 0 bridgehead atoms. The molecule has 5 nitrogen and oxygen atoms in total. The predicted octanol–water partition coefficient (Wildman–Crippen LogP) is 1.22. The van der Waals surface area contributed by atoms with Crippen molar-refractivity contribution in [2.75, 3.05) is 18.1 Å². The van der Waals surface area contributed by atoms with Crippen LogP contribution in [0.4, 0.5) is 11.6 Å². The van der Waals surface area contributed by atoms with Crippen molar-refractivity contribution in [3.8, 4) is 5.69 Å². The van der Waals surface area contributed by atoms with Gasteiger partial charge < -0.3 is 16.6 Å². The molecule has 0 spiro atoms.